The van der Waals surface area contributed by atoms with Crippen molar-refractivity contribution in [1.29, 1.82) is 0 Å². The number of imide groups is 1. The van der Waals surface area contributed by atoms with Gasteiger partial charge in [0.25, 0.3) is 5.91 Å². The summed E-state index contributed by atoms with van der Waals surface area (Å²) in [5.74, 6) is 4.22. The van der Waals surface area contributed by atoms with E-state index in [1.807, 2.05) is 24.3 Å². The molecule has 0 bridgehead atoms. The molecule has 78 valence electrons. The highest BCUT2D eigenvalue weighted by atomic mass is 79.9. The van der Waals surface area contributed by atoms with Crippen LogP contribution >= 0.6 is 15.9 Å². The van der Waals surface area contributed by atoms with Crippen LogP contribution < -0.4 is 5.84 Å². The van der Waals surface area contributed by atoms with Crippen molar-refractivity contribution in [2.24, 2.45) is 5.84 Å². The Balaban J connectivity index is 2.33. The van der Waals surface area contributed by atoms with Crippen molar-refractivity contribution >= 4 is 27.7 Å². The molecule has 5 heteroatoms. The molecule has 2 rings (SSSR count). The van der Waals surface area contributed by atoms with Crippen molar-refractivity contribution < 1.29 is 9.59 Å². The number of rotatable bonds is 1. The number of hydrogen-bond donors (Lipinski definition) is 1. The molecule has 1 saturated heterocycles. The highest BCUT2D eigenvalue weighted by Gasteiger charge is 2.37. The Morgan fingerprint density at radius 1 is 1.40 bits per heavy atom. The Morgan fingerprint density at radius 2 is 2.13 bits per heavy atom. The lowest BCUT2D eigenvalue weighted by molar-refractivity contribution is -0.139. The topological polar surface area (TPSA) is 63.4 Å². The molecule has 2 N–H and O–H groups in total. The van der Waals surface area contributed by atoms with Crippen LogP contribution in [0.3, 0.4) is 0 Å². The number of carbonyl (C=O) groups is 2. The minimum absolute atomic E-state index is 0.159. The highest BCUT2D eigenvalue weighted by Crippen LogP contribution is 2.29. The van der Waals surface area contributed by atoms with Crippen molar-refractivity contribution in [3.8, 4) is 0 Å². The average molecular weight is 269 g/mol. The Labute approximate surface area is 95.1 Å². The summed E-state index contributed by atoms with van der Waals surface area (Å²) >= 11 is 3.32. The van der Waals surface area contributed by atoms with Gasteiger partial charge in [-0.25, -0.2) is 10.9 Å². The molecule has 1 heterocycles. The van der Waals surface area contributed by atoms with Gasteiger partial charge in [-0.3, -0.25) is 9.59 Å². The first-order valence-electron chi connectivity index (χ1n) is 4.46. The second kappa shape index (κ2) is 3.75. The normalized spacial score (nSPS) is 21.2. The van der Waals surface area contributed by atoms with Gasteiger partial charge in [0.1, 0.15) is 0 Å². The van der Waals surface area contributed by atoms with Crippen molar-refractivity contribution in [3.63, 3.8) is 0 Å². The number of amides is 2. The Morgan fingerprint density at radius 3 is 2.67 bits per heavy atom. The van der Waals surface area contributed by atoms with Gasteiger partial charge in [-0.2, -0.15) is 0 Å². The number of nitrogens with zero attached hydrogens (tertiary/aromatic N) is 1. The molecule has 1 fully saturated rings. The van der Waals surface area contributed by atoms with Crippen LogP contribution in [0, 0.1) is 0 Å². The van der Waals surface area contributed by atoms with Gasteiger partial charge in [-0.15, -0.1) is 0 Å². The molecule has 15 heavy (non-hydrogen) atoms. The van der Waals surface area contributed by atoms with Crippen molar-refractivity contribution in [1.82, 2.24) is 5.01 Å². The average Bonchev–Trinajstić information content (AvgIpc) is 2.46. The van der Waals surface area contributed by atoms with E-state index in [2.05, 4.69) is 15.9 Å². The lowest BCUT2D eigenvalue weighted by Crippen LogP contribution is -2.36. The first-order valence-corrected chi connectivity index (χ1v) is 5.26. The lowest BCUT2D eigenvalue weighted by atomic mass is 9.98. The number of nitrogens with two attached hydrogens (primary N) is 1. The van der Waals surface area contributed by atoms with Crippen LogP contribution in [0.2, 0.25) is 0 Å². The molecule has 4 nitrogen and oxygen atoms in total. The number of carbonyl (C=O) groups excluding carboxylic acids is 2. The minimum Gasteiger partial charge on any atom is -0.273 e. The zero-order valence-corrected chi connectivity index (χ0v) is 9.40. The zero-order valence-electron chi connectivity index (χ0n) is 7.81. The van der Waals surface area contributed by atoms with Crippen LogP contribution in [0.15, 0.2) is 28.7 Å². The van der Waals surface area contributed by atoms with Crippen LogP contribution in [-0.2, 0) is 9.59 Å². The van der Waals surface area contributed by atoms with Gasteiger partial charge in [0.2, 0.25) is 5.91 Å². The predicted molar refractivity (Wildman–Crippen MR) is 57.5 cm³/mol. The molecule has 2 amide bonds. The van der Waals surface area contributed by atoms with Crippen molar-refractivity contribution in [3.05, 3.63) is 34.3 Å². The molecular weight excluding hydrogens is 260 g/mol. The molecule has 1 aliphatic heterocycles. The summed E-state index contributed by atoms with van der Waals surface area (Å²) in [6, 6.07) is 7.34. The number of benzene rings is 1. The van der Waals surface area contributed by atoms with Gasteiger partial charge in [0.05, 0.1) is 5.92 Å². The maximum Gasteiger partial charge on any atom is 0.251 e. The van der Waals surface area contributed by atoms with Gasteiger partial charge in [-0.05, 0) is 17.7 Å². The fourth-order valence-electron chi connectivity index (χ4n) is 1.63. The molecule has 1 atom stereocenters. The quantitative estimate of drug-likeness (QED) is 0.473. The molecule has 0 aromatic heterocycles. The van der Waals surface area contributed by atoms with Crippen molar-refractivity contribution in [2.45, 2.75) is 12.3 Å². The number of hydrogen-bond acceptors (Lipinski definition) is 3. The molecule has 0 saturated carbocycles. The van der Waals surface area contributed by atoms with Crippen LogP contribution in [0.4, 0.5) is 0 Å². The van der Waals surface area contributed by atoms with Crippen molar-refractivity contribution in [2.75, 3.05) is 0 Å². The molecule has 1 aliphatic rings. The van der Waals surface area contributed by atoms with Gasteiger partial charge in [0.15, 0.2) is 0 Å². The summed E-state index contributed by atoms with van der Waals surface area (Å²) < 4.78 is 0.885. The number of halogens is 1. The Kier molecular flexibility index (Phi) is 2.58. The summed E-state index contributed by atoms with van der Waals surface area (Å²) in [6.07, 6.45) is 0.159. The monoisotopic (exact) mass is 268 g/mol. The fourth-order valence-corrected chi connectivity index (χ4v) is 2.05. The summed E-state index contributed by atoms with van der Waals surface area (Å²) in [5.41, 5.74) is 0.815. The van der Waals surface area contributed by atoms with E-state index in [1.165, 1.54) is 0 Å². The van der Waals surface area contributed by atoms with Crippen LogP contribution in [-0.4, -0.2) is 16.8 Å². The molecule has 1 aromatic rings. The smallest absolute Gasteiger partial charge is 0.251 e. The summed E-state index contributed by atoms with van der Waals surface area (Å²) in [7, 11) is 0. The summed E-state index contributed by atoms with van der Waals surface area (Å²) in [4.78, 5) is 22.8. The van der Waals surface area contributed by atoms with Gasteiger partial charge in [0, 0.05) is 10.9 Å². The zero-order chi connectivity index (χ0) is 11.0. The minimum atomic E-state index is -0.431. The lowest BCUT2D eigenvalue weighted by Gasteiger charge is -2.08. The van der Waals surface area contributed by atoms with E-state index in [4.69, 9.17) is 5.84 Å². The Hall–Kier alpha value is -1.20. The van der Waals surface area contributed by atoms with E-state index in [0.717, 1.165) is 10.0 Å². The van der Waals surface area contributed by atoms with Gasteiger partial charge < -0.3 is 0 Å². The molecule has 1 aromatic carbocycles. The van der Waals surface area contributed by atoms with E-state index < -0.39 is 5.92 Å². The molecule has 0 aliphatic carbocycles. The second-order valence-corrected chi connectivity index (χ2v) is 4.33. The third-order valence-corrected chi connectivity index (χ3v) is 2.93. The van der Waals surface area contributed by atoms with E-state index in [0.29, 0.717) is 5.01 Å². The van der Waals surface area contributed by atoms with Crippen LogP contribution in [0.1, 0.15) is 17.9 Å². The maximum absolute atomic E-state index is 11.6. The SMILES string of the molecule is NN1C(=O)CC(c2cccc(Br)c2)C1=O. The van der Waals surface area contributed by atoms with Gasteiger partial charge >= 0.3 is 0 Å². The first kappa shape index (κ1) is 10.3. The second-order valence-electron chi connectivity index (χ2n) is 3.41. The molecular formula is C10H9BrN2O2. The number of hydrazine groups is 1. The molecule has 0 radical (unpaired) electrons. The molecule has 1 unspecified atom stereocenters. The van der Waals surface area contributed by atoms with E-state index >= 15 is 0 Å². The summed E-state index contributed by atoms with van der Waals surface area (Å²) in [5, 5.41) is 0.700. The fraction of sp³-hybridized carbons (Fsp3) is 0.200. The van der Waals surface area contributed by atoms with E-state index in [9.17, 15) is 9.59 Å². The van der Waals surface area contributed by atoms with Gasteiger partial charge in [-0.1, -0.05) is 28.1 Å². The third-order valence-electron chi connectivity index (χ3n) is 2.43. The molecule has 0 spiro atoms. The van der Waals surface area contributed by atoms with E-state index in [-0.39, 0.29) is 18.2 Å². The van der Waals surface area contributed by atoms with E-state index in [1.54, 1.807) is 0 Å². The summed E-state index contributed by atoms with van der Waals surface area (Å²) in [6.45, 7) is 0. The maximum atomic E-state index is 11.6. The predicted octanol–water partition coefficient (Wildman–Crippen LogP) is 1.17. The van der Waals surface area contributed by atoms with Crippen LogP contribution in [0.5, 0.6) is 0 Å². The third kappa shape index (κ3) is 1.80. The standard InChI is InChI=1S/C10H9BrN2O2/c11-7-3-1-2-6(4-7)8-5-9(14)13(12)10(8)15/h1-4,8H,5,12H2. The van der Waals surface area contributed by atoms with Crippen LogP contribution in [0.25, 0.3) is 0 Å². The first-order chi connectivity index (χ1) is 7.09. The largest absolute Gasteiger partial charge is 0.273 e. The Bertz CT molecular complexity index is 433. The highest BCUT2D eigenvalue weighted by molar-refractivity contribution is 9.10.